The molecule has 0 aliphatic carbocycles. The van der Waals surface area contributed by atoms with Crippen LogP contribution in [0.2, 0.25) is 5.02 Å². The number of benzene rings is 1. The number of halogens is 1. The van der Waals surface area contributed by atoms with Crippen LogP contribution in [0.25, 0.3) is 10.2 Å². The highest BCUT2D eigenvalue weighted by Crippen LogP contribution is 2.28. The van der Waals surface area contributed by atoms with Gasteiger partial charge in [-0.15, -0.1) is 23.1 Å². The van der Waals surface area contributed by atoms with Crippen LogP contribution in [0.1, 0.15) is 12.7 Å². The van der Waals surface area contributed by atoms with Crippen LogP contribution in [0.5, 0.6) is 0 Å². The molecule has 0 saturated carbocycles. The van der Waals surface area contributed by atoms with Gasteiger partial charge in [0.15, 0.2) is 0 Å². The van der Waals surface area contributed by atoms with Gasteiger partial charge in [0.25, 0.3) is 0 Å². The van der Waals surface area contributed by atoms with Gasteiger partial charge in [0, 0.05) is 16.5 Å². The predicted octanol–water partition coefficient (Wildman–Crippen LogP) is 5.07. The maximum atomic E-state index is 5.90. The Bertz CT molecular complexity index is 740. The van der Waals surface area contributed by atoms with Crippen LogP contribution >= 0.6 is 34.7 Å². The number of aromatic nitrogens is 2. The van der Waals surface area contributed by atoms with Gasteiger partial charge in [0.1, 0.15) is 16.5 Å². The number of thiophene rings is 1. The first-order valence-corrected chi connectivity index (χ1v) is 8.87. The zero-order valence-corrected chi connectivity index (χ0v) is 13.9. The maximum Gasteiger partial charge on any atom is 0.142 e. The van der Waals surface area contributed by atoms with Gasteiger partial charge < -0.3 is 5.32 Å². The third kappa shape index (κ3) is 3.48. The van der Waals surface area contributed by atoms with Crippen LogP contribution in [-0.4, -0.2) is 16.5 Å². The van der Waals surface area contributed by atoms with Crippen molar-refractivity contribution >= 4 is 50.7 Å². The minimum absolute atomic E-state index is 0.744. The normalized spacial score (nSPS) is 11.0. The number of anilines is 1. The molecule has 21 heavy (non-hydrogen) atoms. The zero-order chi connectivity index (χ0) is 14.7. The number of nitrogens with one attached hydrogen (secondary N) is 1. The van der Waals surface area contributed by atoms with Crippen molar-refractivity contribution in [1.29, 1.82) is 0 Å². The Balaban J connectivity index is 1.81. The Kier molecular flexibility index (Phi) is 4.63. The number of fused-ring (bicyclic) bond motifs is 1. The molecule has 0 fully saturated rings. The average Bonchev–Trinajstić information content (AvgIpc) is 2.96. The van der Waals surface area contributed by atoms with Gasteiger partial charge in [-0.25, -0.2) is 9.97 Å². The van der Waals surface area contributed by atoms with Gasteiger partial charge in [0.05, 0.1) is 11.1 Å². The molecule has 108 valence electrons. The summed E-state index contributed by atoms with van der Waals surface area (Å²) >= 11 is 9.26. The topological polar surface area (TPSA) is 37.8 Å². The molecule has 0 unspecified atom stereocenters. The summed E-state index contributed by atoms with van der Waals surface area (Å²) in [6, 6.07) is 9.90. The summed E-state index contributed by atoms with van der Waals surface area (Å²) in [7, 11) is 0. The lowest BCUT2D eigenvalue weighted by molar-refractivity contribution is 1.06. The Morgan fingerprint density at radius 3 is 2.76 bits per heavy atom. The fraction of sp³-hybridized carbons (Fsp3) is 0.200. The lowest BCUT2D eigenvalue weighted by Gasteiger charge is -2.07. The Morgan fingerprint density at radius 1 is 1.19 bits per heavy atom. The van der Waals surface area contributed by atoms with Crippen LogP contribution in [0.3, 0.4) is 0 Å². The molecule has 0 saturated heterocycles. The number of hydrogen-bond acceptors (Lipinski definition) is 5. The van der Waals surface area contributed by atoms with E-state index in [1.807, 2.05) is 24.3 Å². The summed E-state index contributed by atoms with van der Waals surface area (Å²) in [5, 5.41) is 7.22. The van der Waals surface area contributed by atoms with Crippen molar-refractivity contribution in [1.82, 2.24) is 9.97 Å². The monoisotopic (exact) mass is 335 g/mol. The van der Waals surface area contributed by atoms with E-state index < -0.39 is 0 Å². The first-order valence-electron chi connectivity index (χ1n) is 6.62. The fourth-order valence-electron chi connectivity index (χ4n) is 1.95. The molecular formula is C15H14ClN3S2. The first kappa shape index (κ1) is 14.6. The highest BCUT2D eigenvalue weighted by atomic mass is 35.5. The lowest BCUT2D eigenvalue weighted by atomic mass is 10.3. The molecule has 0 atom stereocenters. The quantitative estimate of drug-likeness (QED) is 0.661. The van der Waals surface area contributed by atoms with E-state index in [0.717, 1.165) is 39.2 Å². The van der Waals surface area contributed by atoms with Crippen LogP contribution in [0.4, 0.5) is 5.82 Å². The van der Waals surface area contributed by atoms with Crippen molar-refractivity contribution in [2.45, 2.75) is 17.6 Å². The molecule has 0 radical (unpaired) electrons. The van der Waals surface area contributed by atoms with Gasteiger partial charge in [0.2, 0.25) is 0 Å². The molecule has 1 aromatic carbocycles. The van der Waals surface area contributed by atoms with Crippen molar-refractivity contribution < 1.29 is 0 Å². The van der Waals surface area contributed by atoms with E-state index in [-0.39, 0.29) is 0 Å². The largest absolute Gasteiger partial charge is 0.370 e. The van der Waals surface area contributed by atoms with E-state index in [4.69, 9.17) is 11.6 Å². The molecule has 0 spiro atoms. The highest BCUT2D eigenvalue weighted by molar-refractivity contribution is 7.98. The number of rotatable bonds is 5. The lowest BCUT2D eigenvalue weighted by Crippen LogP contribution is -2.03. The Labute approximate surface area is 136 Å². The van der Waals surface area contributed by atoms with E-state index in [9.17, 15) is 0 Å². The SMILES string of the molecule is CCNc1nc(CSc2ccc(Cl)cc2)nc2sccc12. The minimum Gasteiger partial charge on any atom is -0.370 e. The van der Waals surface area contributed by atoms with E-state index in [1.54, 1.807) is 23.1 Å². The molecule has 0 aliphatic rings. The van der Waals surface area contributed by atoms with Gasteiger partial charge in [-0.1, -0.05) is 11.6 Å². The summed E-state index contributed by atoms with van der Waals surface area (Å²) in [6.07, 6.45) is 0. The molecular weight excluding hydrogens is 322 g/mol. The van der Waals surface area contributed by atoms with Crippen molar-refractivity contribution in [3.8, 4) is 0 Å². The predicted molar refractivity (Wildman–Crippen MR) is 92.6 cm³/mol. The first-order chi connectivity index (χ1) is 10.3. The van der Waals surface area contributed by atoms with E-state index in [0.29, 0.717) is 0 Å². The smallest absolute Gasteiger partial charge is 0.142 e. The molecule has 6 heteroatoms. The van der Waals surface area contributed by atoms with Crippen LogP contribution in [0, 0.1) is 0 Å². The molecule has 2 aromatic heterocycles. The summed E-state index contributed by atoms with van der Waals surface area (Å²) < 4.78 is 0. The standard InChI is InChI=1S/C15H14ClN3S2/c1-2-17-14-12-7-8-20-15(12)19-13(18-14)9-21-11-5-3-10(16)4-6-11/h3-8H,2,9H2,1H3,(H,17,18,19). The van der Waals surface area contributed by atoms with Gasteiger partial charge >= 0.3 is 0 Å². The van der Waals surface area contributed by atoms with Crippen molar-refractivity contribution in [3.05, 3.63) is 46.6 Å². The fourth-order valence-corrected chi connectivity index (χ4v) is 3.61. The molecule has 3 rings (SSSR count). The van der Waals surface area contributed by atoms with Crippen LogP contribution in [0.15, 0.2) is 40.6 Å². The second-order valence-electron chi connectivity index (χ2n) is 4.40. The van der Waals surface area contributed by atoms with Gasteiger partial charge in [-0.3, -0.25) is 0 Å². The van der Waals surface area contributed by atoms with E-state index in [1.165, 1.54) is 4.90 Å². The molecule has 0 amide bonds. The molecule has 1 N–H and O–H groups in total. The van der Waals surface area contributed by atoms with Gasteiger partial charge in [-0.2, -0.15) is 0 Å². The number of nitrogens with zero attached hydrogens (tertiary/aromatic N) is 2. The molecule has 2 heterocycles. The minimum atomic E-state index is 0.744. The van der Waals surface area contributed by atoms with Crippen molar-refractivity contribution in [2.24, 2.45) is 0 Å². The summed E-state index contributed by atoms with van der Waals surface area (Å²) in [6.45, 7) is 2.92. The number of hydrogen-bond donors (Lipinski definition) is 1. The second-order valence-corrected chi connectivity index (χ2v) is 6.78. The van der Waals surface area contributed by atoms with Crippen LogP contribution in [-0.2, 0) is 5.75 Å². The molecule has 0 aliphatic heterocycles. The summed E-state index contributed by atoms with van der Waals surface area (Å²) in [5.74, 6) is 2.52. The van der Waals surface area contributed by atoms with E-state index in [2.05, 4.69) is 33.7 Å². The molecule has 0 bridgehead atoms. The van der Waals surface area contributed by atoms with Gasteiger partial charge in [-0.05, 0) is 42.6 Å². The Hall–Kier alpha value is -1.30. The third-order valence-corrected chi connectivity index (χ3v) is 4.96. The summed E-state index contributed by atoms with van der Waals surface area (Å²) in [5.41, 5.74) is 0. The molecule has 3 nitrogen and oxygen atoms in total. The van der Waals surface area contributed by atoms with Crippen LogP contribution < -0.4 is 5.32 Å². The highest BCUT2D eigenvalue weighted by Gasteiger charge is 2.08. The van der Waals surface area contributed by atoms with Crippen molar-refractivity contribution in [3.63, 3.8) is 0 Å². The van der Waals surface area contributed by atoms with Crippen molar-refractivity contribution in [2.75, 3.05) is 11.9 Å². The zero-order valence-electron chi connectivity index (χ0n) is 11.5. The van der Waals surface area contributed by atoms with E-state index >= 15 is 0 Å². The summed E-state index contributed by atoms with van der Waals surface area (Å²) in [4.78, 5) is 11.5. The second kappa shape index (κ2) is 6.64. The number of thioether (sulfide) groups is 1. The molecule has 3 aromatic rings. The third-order valence-electron chi connectivity index (χ3n) is 2.90. The maximum absolute atomic E-state index is 5.90. The average molecular weight is 336 g/mol. The Morgan fingerprint density at radius 2 is 2.00 bits per heavy atom.